The SMILES string of the molecule is Nc1nnnn1-c1ccc(Cl)cc1/C=C/C(=O)NC(C(=O)Nc1ccc(C(=O)O)cc1F)c1ccccc1. The van der Waals surface area contributed by atoms with Crippen molar-refractivity contribution in [2.45, 2.75) is 6.04 Å². The summed E-state index contributed by atoms with van der Waals surface area (Å²) < 4.78 is 15.7. The van der Waals surface area contributed by atoms with Crippen LogP contribution in [0.2, 0.25) is 5.02 Å². The summed E-state index contributed by atoms with van der Waals surface area (Å²) in [5.41, 5.74) is 6.62. The molecule has 0 saturated carbocycles. The van der Waals surface area contributed by atoms with E-state index in [0.717, 1.165) is 18.2 Å². The molecular formula is C25H19ClFN7O4. The Morgan fingerprint density at radius 3 is 2.50 bits per heavy atom. The molecule has 1 aromatic heterocycles. The van der Waals surface area contributed by atoms with Gasteiger partial charge in [-0.2, -0.15) is 4.68 Å². The van der Waals surface area contributed by atoms with E-state index in [-0.39, 0.29) is 17.2 Å². The minimum absolute atomic E-state index is 0.0239. The maximum Gasteiger partial charge on any atom is 0.335 e. The number of hydrogen-bond acceptors (Lipinski definition) is 7. The molecule has 4 rings (SSSR count). The molecule has 1 heterocycles. The van der Waals surface area contributed by atoms with E-state index in [1.807, 2.05) is 0 Å². The van der Waals surface area contributed by atoms with Crippen LogP contribution in [-0.2, 0) is 9.59 Å². The summed E-state index contributed by atoms with van der Waals surface area (Å²) in [7, 11) is 0. The van der Waals surface area contributed by atoms with Gasteiger partial charge in [-0.15, -0.1) is 0 Å². The van der Waals surface area contributed by atoms with Crippen LogP contribution in [0.1, 0.15) is 27.5 Å². The lowest BCUT2D eigenvalue weighted by atomic mass is 10.1. The van der Waals surface area contributed by atoms with Gasteiger partial charge in [0.2, 0.25) is 11.9 Å². The summed E-state index contributed by atoms with van der Waals surface area (Å²) >= 11 is 6.11. The second-order valence-electron chi connectivity index (χ2n) is 7.83. The number of benzene rings is 3. The number of tetrazole rings is 1. The summed E-state index contributed by atoms with van der Waals surface area (Å²) in [6.45, 7) is 0. The van der Waals surface area contributed by atoms with Crippen LogP contribution in [0.5, 0.6) is 0 Å². The molecule has 13 heteroatoms. The minimum atomic E-state index is -1.31. The van der Waals surface area contributed by atoms with Crippen LogP contribution in [0, 0.1) is 5.82 Å². The number of halogens is 2. The summed E-state index contributed by atoms with van der Waals surface area (Å²) in [6, 6.07) is 15.0. The fourth-order valence-corrected chi connectivity index (χ4v) is 3.65. The van der Waals surface area contributed by atoms with Gasteiger partial charge < -0.3 is 21.5 Å². The Morgan fingerprint density at radius 1 is 1.08 bits per heavy atom. The fraction of sp³-hybridized carbons (Fsp3) is 0.0400. The van der Waals surface area contributed by atoms with Gasteiger partial charge in [0, 0.05) is 16.7 Å². The summed E-state index contributed by atoms with van der Waals surface area (Å²) in [6.07, 6.45) is 2.63. The molecule has 0 aliphatic rings. The number of aromatic nitrogens is 4. The van der Waals surface area contributed by atoms with Crippen LogP contribution in [0.15, 0.2) is 72.8 Å². The first-order chi connectivity index (χ1) is 18.2. The number of carbonyl (C=O) groups excluding carboxylic acids is 2. The van der Waals surface area contributed by atoms with Crippen molar-refractivity contribution in [3.8, 4) is 5.69 Å². The van der Waals surface area contributed by atoms with Crippen LogP contribution in [-0.4, -0.2) is 43.1 Å². The van der Waals surface area contributed by atoms with E-state index in [2.05, 4.69) is 26.2 Å². The van der Waals surface area contributed by atoms with Crippen molar-refractivity contribution in [1.82, 2.24) is 25.5 Å². The predicted molar refractivity (Wildman–Crippen MR) is 137 cm³/mol. The minimum Gasteiger partial charge on any atom is -0.478 e. The number of carbonyl (C=O) groups is 3. The van der Waals surface area contributed by atoms with Gasteiger partial charge in [-0.05, 0) is 58.5 Å². The highest BCUT2D eigenvalue weighted by molar-refractivity contribution is 6.30. The van der Waals surface area contributed by atoms with E-state index in [9.17, 15) is 18.8 Å². The predicted octanol–water partition coefficient (Wildman–Crippen LogP) is 3.24. The Labute approximate surface area is 219 Å². The van der Waals surface area contributed by atoms with Crippen LogP contribution >= 0.6 is 11.6 Å². The van der Waals surface area contributed by atoms with Crippen LogP contribution in [0.3, 0.4) is 0 Å². The zero-order valence-electron chi connectivity index (χ0n) is 19.4. The highest BCUT2D eigenvalue weighted by Crippen LogP contribution is 2.23. The monoisotopic (exact) mass is 535 g/mol. The first-order valence-electron chi connectivity index (χ1n) is 10.9. The van der Waals surface area contributed by atoms with E-state index >= 15 is 0 Å². The number of carboxylic acid groups (broad SMARTS) is 1. The molecule has 3 aromatic carbocycles. The third-order valence-electron chi connectivity index (χ3n) is 5.28. The number of nitrogens with one attached hydrogen (secondary N) is 2. The third kappa shape index (κ3) is 5.99. The van der Waals surface area contributed by atoms with E-state index in [1.165, 1.54) is 16.8 Å². The zero-order chi connectivity index (χ0) is 27.2. The van der Waals surface area contributed by atoms with Crippen LogP contribution < -0.4 is 16.4 Å². The number of hydrogen-bond donors (Lipinski definition) is 4. The molecule has 4 aromatic rings. The van der Waals surface area contributed by atoms with Gasteiger partial charge in [-0.1, -0.05) is 47.0 Å². The van der Waals surface area contributed by atoms with Crippen LogP contribution in [0.4, 0.5) is 16.0 Å². The Morgan fingerprint density at radius 2 is 1.84 bits per heavy atom. The van der Waals surface area contributed by atoms with Crippen LogP contribution in [0.25, 0.3) is 11.8 Å². The molecule has 0 radical (unpaired) electrons. The maximum atomic E-state index is 14.4. The van der Waals surface area contributed by atoms with Crippen molar-refractivity contribution in [2.75, 3.05) is 11.1 Å². The molecule has 0 fully saturated rings. The van der Waals surface area contributed by atoms with Gasteiger partial charge in [0.1, 0.15) is 11.9 Å². The topological polar surface area (TPSA) is 165 Å². The average molecular weight is 536 g/mol. The highest BCUT2D eigenvalue weighted by atomic mass is 35.5. The van der Waals surface area contributed by atoms with Gasteiger partial charge in [-0.3, -0.25) is 9.59 Å². The molecule has 0 aliphatic heterocycles. The standard InChI is InChI=1S/C25H19ClFN7O4/c26-17-8-10-20(34-25(28)31-32-33-34)15(12-17)7-11-21(35)30-22(14-4-2-1-3-5-14)23(36)29-19-9-6-16(24(37)38)13-18(19)27/h1-13,22H,(H,29,36)(H,30,35)(H,37,38)(H2,28,31,33)/b11-7+. The molecule has 5 N–H and O–H groups in total. The Hall–Kier alpha value is -5.10. The average Bonchev–Trinajstić information content (AvgIpc) is 3.33. The van der Waals surface area contributed by atoms with E-state index in [0.29, 0.717) is 21.8 Å². The second-order valence-corrected chi connectivity index (χ2v) is 8.26. The number of rotatable bonds is 8. The molecular weight excluding hydrogens is 517 g/mol. The Balaban J connectivity index is 1.57. The van der Waals surface area contributed by atoms with Gasteiger partial charge in [0.05, 0.1) is 16.9 Å². The molecule has 192 valence electrons. The smallest absolute Gasteiger partial charge is 0.335 e. The van der Waals surface area contributed by atoms with Crippen molar-refractivity contribution in [1.29, 1.82) is 0 Å². The second kappa shape index (κ2) is 11.3. The van der Waals surface area contributed by atoms with E-state index < -0.39 is 29.6 Å². The van der Waals surface area contributed by atoms with Crippen molar-refractivity contribution in [3.63, 3.8) is 0 Å². The molecule has 2 amide bonds. The maximum absolute atomic E-state index is 14.4. The number of anilines is 2. The fourth-order valence-electron chi connectivity index (χ4n) is 3.47. The first-order valence-corrected chi connectivity index (χ1v) is 11.3. The molecule has 38 heavy (non-hydrogen) atoms. The quantitative estimate of drug-likeness (QED) is 0.250. The molecule has 0 saturated heterocycles. The van der Waals surface area contributed by atoms with Gasteiger partial charge in [0.25, 0.3) is 5.91 Å². The molecule has 0 spiro atoms. The number of aromatic carboxylic acids is 1. The summed E-state index contributed by atoms with van der Waals surface area (Å²) in [5, 5.41) is 25.4. The van der Waals surface area contributed by atoms with Crippen molar-refractivity contribution < 1.29 is 23.9 Å². The first kappa shape index (κ1) is 26.0. The zero-order valence-corrected chi connectivity index (χ0v) is 20.1. The molecule has 1 atom stereocenters. The number of nitrogens with two attached hydrogens (primary N) is 1. The molecule has 0 bridgehead atoms. The number of nitrogen functional groups attached to an aromatic ring is 1. The lowest BCUT2D eigenvalue weighted by Gasteiger charge is -2.18. The van der Waals surface area contributed by atoms with Gasteiger partial charge >= 0.3 is 5.97 Å². The summed E-state index contributed by atoms with van der Waals surface area (Å²) in [5.74, 6) is -3.62. The lowest BCUT2D eigenvalue weighted by molar-refractivity contribution is -0.124. The summed E-state index contributed by atoms with van der Waals surface area (Å²) in [4.78, 5) is 37.0. The molecule has 1 unspecified atom stereocenters. The Kier molecular flexibility index (Phi) is 7.73. The van der Waals surface area contributed by atoms with Gasteiger partial charge in [-0.25, -0.2) is 9.18 Å². The normalized spacial score (nSPS) is 11.7. The van der Waals surface area contributed by atoms with Crippen molar-refractivity contribution in [3.05, 3.63) is 100 Å². The Bertz CT molecular complexity index is 1540. The largest absolute Gasteiger partial charge is 0.478 e. The van der Waals surface area contributed by atoms with E-state index in [4.69, 9.17) is 22.4 Å². The number of amides is 2. The molecule has 11 nitrogen and oxygen atoms in total. The highest BCUT2D eigenvalue weighted by Gasteiger charge is 2.23. The number of carboxylic acids is 1. The van der Waals surface area contributed by atoms with Crippen molar-refractivity contribution in [2.24, 2.45) is 0 Å². The van der Waals surface area contributed by atoms with E-state index in [1.54, 1.807) is 48.5 Å². The third-order valence-corrected chi connectivity index (χ3v) is 5.52. The van der Waals surface area contributed by atoms with Crippen molar-refractivity contribution >= 4 is 47.1 Å². The lowest BCUT2D eigenvalue weighted by Crippen LogP contribution is -2.36. The molecule has 0 aliphatic carbocycles. The van der Waals surface area contributed by atoms with Gasteiger partial charge in [0.15, 0.2) is 0 Å². The number of nitrogens with zero attached hydrogens (tertiary/aromatic N) is 4.